The summed E-state index contributed by atoms with van der Waals surface area (Å²) in [6.07, 6.45) is 3.18. The van der Waals surface area contributed by atoms with Gasteiger partial charge < -0.3 is 14.8 Å². The second kappa shape index (κ2) is 7.04. The monoisotopic (exact) mass is 341 g/mol. The van der Waals surface area contributed by atoms with Crippen LogP contribution in [0.1, 0.15) is 40.0 Å². The van der Waals surface area contributed by atoms with Gasteiger partial charge in [0.15, 0.2) is 0 Å². The highest BCUT2D eigenvalue weighted by Gasteiger charge is 2.47. The Morgan fingerprint density at radius 3 is 2.52 bits per heavy atom. The van der Waals surface area contributed by atoms with Crippen LogP contribution >= 0.6 is 0 Å². The van der Waals surface area contributed by atoms with Gasteiger partial charge in [0.2, 0.25) is 0 Å². The Balaban J connectivity index is 1.92. The predicted molar refractivity (Wildman–Crippen MR) is 101 cm³/mol. The molecule has 3 rings (SSSR count). The number of carbonyl (C=O) groups is 1. The molecule has 0 spiro atoms. The van der Waals surface area contributed by atoms with Gasteiger partial charge in [0.1, 0.15) is 11.4 Å². The first kappa shape index (κ1) is 17.7. The van der Waals surface area contributed by atoms with Crippen LogP contribution in [0.5, 0.6) is 5.75 Å². The van der Waals surface area contributed by atoms with Crippen molar-refractivity contribution in [3.63, 3.8) is 0 Å². The highest BCUT2D eigenvalue weighted by molar-refractivity contribution is 6.06. The van der Waals surface area contributed by atoms with E-state index in [0.717, 1.165) is 41.5 Å². The number of carbonyl (C=O) groups excluding carboxylic acids is 1. The molecule has 0 aromatic heterocycles. The summed E-state index contributed by atoms with van der Waals surface area (Å²) in [5, 5.41) is 5.06. The van der Waals surface area contributed by atoms with Crippen molar-refractivity contribution in [1.29, 1.82) is 0 Å². The van der Waals surface area contributed by atoms with E-state index >= 15 is 0 Å². The topological polar surface area (TPSA) is 47.6 Å². The molecule has 0 saturated heterocycles. The van der Waals surface area contributed by atoms with Crippen molar-refractivity contribution < 1.29 is 14.3 Å². The molecule has 0 heterocycles. The first-order valence-electron chi connectivity index (χ1n) is 9.04. The van der Waals surface area contributed by atoms with Gasteiger partial charge in [0.05, 0.1) is 6.10 Å². The number of benzene rings is 2. The van der Waals surface area contributed by atoms with Crippen molar-refractivity contribution >= 4 is 22.4 Å². The van der Waals surface area contributed by atoms with E-state index in [1.165, 1.54) is 0 Å². The van der Waals surface area contributed by atoms with Gasteiger partial charge in [-0.15, -0.1) is 0 Å². The van der Waals surface area contributed by atoms with Crippen LogP contribution in [0.25, 0.3) is 10.8 Å². The Morgan fingerprint density at radius 1 is 1.24 bits per heavy atom. The van der Waals surface area contributed by atoms with Crippen LogP contribution in [0.4, 0.5) is 5.69 Å². The van der Waals surface area contributed by atoms with Crippen LogP contribution in [0, 0.1) is 5.92 Å². The summed E-state index contributed by atoms with van der Waals surface area (Å²) < 4.78 is 11.6. The number of amides is 1. The van der Waals surface area contributed by atoms with Crippen LogP contribution in [-0.4, -0.2) is 24.7 Å². The summed E-state index contributed by atoms with van der Waals surface area (Å²) in [6, 6.07) is 11.9. The average molecular weight is 341 g/mol. The van der Waals surface area contributed by atoms with Crippen molar-refractivity contribution in [1.82, 2.24) is 0 Å². The number of anilines is 1. The van der Waals surface area contributed by atoms with Gasteiger partial charge >= 0.3 is 0 Å². The number of hydrogen-bond donors (Lipinski definition) is 1. The maximum Gasteiger partial charge on any atom is 0.256 e. The Hall–Kier alpha value is -2.07. The van der Waals surface area contributed by atoms with E-state index in [9.17, 15) is 4.79 Å². The highest BCUT2D eigenvalue weighted by atomic mass is 16.5. The van der Waals surface area contributed by atoms with E-state index in [1.807, 2.05) is 43.3 Å². The number of hydrogen-bond acceptors (Lipinski definition) is 3. The zero-order valence-corrected chi connectivity index (χ0v) is 15.5. The van der Waals surface area contributed by atoms with E-state index < -0.39 is 5.60 Å². The number of methoxy groups -OCH3 is 1. The molecule has 1 N–H and O–H groups in total. The van der Waals surface area contributed by atoms with Gasteiger partial charge in [-0.1, -0.05) is 31.2 Å². The Kier molecular flexibility index (Phi) is 5.00. The summed E-state index contributed by atoms with van der Waals surface area (Å²) >= 11 is 0. The van der Waals surface area contributed by atoms with Gasteiger partial charge in [0, 0.05) is 23.6 Å². The zero-order chi connectivity index (χ0) is 18.0. The molecule has 2 atom stereocenters. The maximum absolute atomic E-state index is 12.8. The third kappa shape index (κ3) is 3.49. The summed E-state index contributed by atoms with van der Waals surface area (Å²) in [5.41, 5.74) is 0.0218. The molecule has 2 aromatic carbocycles. The second-order valence-corrected chi connectivity index (χ2v) is 7.03. The molecule has 134 valence electrons. The third-order valence-corrected chi connectivity index (χ3v) is 5.27. The minimum absolute atomic E-state index is 0.0850. The third-order valence-electron chi connectivity index (χ3n) is 5.27. The fraction of sp³-hybridized carbons (Fsp3) is 0.476. The molecule has 2 unspecified atom stereocenters. The molecule has 0 radical (unpaired) electrons. The summed E-state index contributed by atoms with van der Waals surface area (Å²) in [4.78, 5) is 12.8. The molecule has 25 heavy (non-hydrogen) atoms. The van der Waals surface area contributed by atoms with Crippen molar-refractivity contribution in [3.8, 4) is 5.75 Å². The maximum atomic E-state index is 12.8. The first-order valence-corrected chi connectivity index (χ1v) is 9.04. The van der Waals surface area contributed by atoms with E-state index in [2.05, 4.69) is 19.2 Å². The molecule has 4 heteroatoms. The first-order chi connectivity index (χ1) is 12.0. The lowest BCUT2D eigenvalue weighted by atomic mass is 9.98. The Morgan fingerprint density at radius 2 is 1.92 bits per heavy atom. The van der Waals surface area contributed by atoms with Crippen molar-refractivity contribution in [2.75, 3.05) is 12.4 Å². The molecular formula is C21H27NO3. The van der Waals surface area contributed by atoms with Crippen LogP contribution in [0.15, 0.2) is 36.4 Å². The van der Waals surface area contributed by atoms with Gasteiger partial charge in [0.25, 0.3) is 5.91 Å². The molecular weight excluding hydrogens is 314 g/mol. The van der Waals surface area contributed by atoms with Crippen molar-refractivity contribution in [2.45, 2.75) is 51.7 Å². The molecule has 1 amide bonds. The highest BCUT2D eigenvalue weighted by Crippen LogP contribution is 2.42. The minimum atomic E-state index is -0.771. The lowest BCUT2D eigenvalue weighted by molar-refractivity contribution is -0.138. The number of rotatable bonds is 7. The van der Waals surface area contributed by atoms with E-state index in [-0.39, 0.29) is 12.0 Å². The largest absolute Gasteiger partial charge is 0.490 e. The summed E-state index contributed by atoms with van der Waals surface area (Å²) in [7, 11) is 1.61. The van der Waals surface area contributed by atoms with Crippen molar-refractivity contribution in [3.05, 3.63) is 36.4 Å². The Labute approximate surface area is 149 Å². The van der Waals surface area contributed by atoms with Crippen LogP contribution in [0.2, 0.25) is 0 Å². The standard InChI is InChI=1S/C21H27NO3/c1-5-14(2)25-19-13-12-18(16-8-6-7-9-17(16)19)22-20(23)21(3,24-4)15-10-11-15/h6-9,12-15H,5,10-11H2,1-4H3,(H,22,23). The summed E-state index contributed by atoms with van der Waals surface area (Å²) in [5.74, 6) is 1.06. The van der Waals surface area contributed by atoms with Crippen LogP contribution < -0.4 is 10.1 Å². The van der Waals surface area contributed by atoms with E-state index in [4.69, 9.17) is 9.47 Å². The van der Waals surface area contributed by atoms with E-state index in [0.29, 0.717) is 5.92 Å². The predicted octanol–water partition coefficient (Wildman–Crippen LogP) is 4.77. The number of ether oxygens (including phenoxy) is 2. The van der Waals surface area contributed by atoms with Gasteiger partial charge in [-0.25, -0.2) is 0 Å². The molecule has 2 aromatic rings. The molecule has 1 aliphatic carbocycles. The molecule has 1 fully saturated rings. The van der Waals surface area contributed by atoms with Gasteiger partial charge in [-0.05, 0) is 51.2 Å². The van der Waals surface area contributed by atoms with Gasteiger partial charge in [-0.3, -0.25) is 4.79 Å². The minimum Gasteiger partial charge on any atom is -0.490 e. The van der Waals surface area contributed by atoms with Crippen LogP contribution in [-0.2, 0) is 9.53 Å². The smallest absolute Gasteiger partial charge is 0.256 e. The SMILES string of the molecule is CCC(C)Oc1ccc(NC(=O)C(C)(OC)C2CC2)c2ccccc12. The van der Waals surface area contributed by atoms with E-state index in [1.54, 1.807) is 7.11 Å². The summed E-state index contributed by atoms with van der Waals surface area (Å²) in [6.45, 7) is 6.04. The normalized spacial score (nSPS) is 17.8. The molecule has 4 nitrogen and oxygen atoms in total. The number of nitrogens with one attached hydrogen (secondary N) is 1. The molecule has 1 aliphatic rings. The Bertz CT molecular complexity index is 769. The fourth-order valence-electron chi connectivity index (χ4n) is 3.11. The molecule has 0 aliphatic heterocycles. The van der Waals surface area contributed by atoms with Gasteiger partial charge in [-0.2, -0.15) is 0 Å². The second-order valence-electron chi connectivity index (χ2n) is 7.03. The average Bonchev–Trinajstić information content (AvgIpc) is 3.48. The van der Waals surface area contributed by atoms with Crippen LogP contribution in [0.3, 0.4) is 0 Å². The quantitative estimate of drug-likeness (QED) is 0.789. The fourth-order valence-corrected chi connectivity index (χ4v) is 3.11. The lowest BCUT2D eigenvalue weighted by Crippen LogP contribution is -2.44. The molecule has 1 saturated carbocycles. The lowest BCUT2D eigenvalue weighted by Gasteiger charge is -2.27. The molecule has 0 bridgehead atoms. The zero-order valence-electron chi connectivity index (χ0n) is 15.5. The van der Waals surface area contributed by atoms with Crippen molar-refractivity contribution in [2.24, 2.45) is 5.92 Å². The number of fused-ring (bicyclic) bond motifs is 1.